The molecule has 0 bridgehead atoms. The number of halogens is 2. The molecular formula is C18H22F2N2O3. The van der Waals surface area contributed by atoms with Crippen molar-refractivity contribution >= 4 is 6.09 Å². The number of carbonyl (C=O) groups excluding carboxylic acids is 1. The minimum atomic E-state index is -1.31. The third kappa shape index (κ3) is 4.89. The van der Waals surface area contributed by atoms with E-state index in [0.717, 1.165) is 12.1 Å². The van der Waals surface area contributed by atoms with Crippen LogP contribution in [0.5, 0.6) is 0 Å². The Bertz CT molecular complexity index is 676. The van der Waals surface area contributed by atoms with Crippen molar-refractivity contribution in [1.29, 1.82) is 5.26 Å². The SMILES string of the molecule is CC(C)(C)OC(=O)N1CCC(O)(Cc2c(F)cc(C#N)cc2F)CC1. The molecule has 0 saturated carbocycles. The summed E-state index contributed by atoms with van der Waals surface area (Å²) in [5.41, 5.74) is -2.27. The highest BCUT2D eigenvalue weighted by Gasteiger charge is 2.36. The lowest BCUT2D eigenvalue weighted by molar-refractivity contribution is -0.0323. The highest BCUT2D eigenvalue weighted by molar-refractivity contribution is 5.68. The molecule has 2 rings (SSSR count). The molecule has 0 radical (unpaired) electrons. The van der Waals surface area contributed by atoms with Crippen LogP contribution < -0.4 is 0 Å². The van der Waals surface area contributed by atoms with Crippen LogP contribution in [0.4, 0.5) is 13.6 Å². The normalized spacial score (nSPS) is 17.1. The fourth-order valence-electron chi connectivity index (χ4n) is 2.77. The number of aliphatic hydroxyl groups is 1. The predicted molar refractivity (Wildman–Crippen MR) is 86.8 cm³/mol. The van der Waals surface area contributed by atoms with Gasteiger partial charge in [-0.25, -0.2) is 13.6 Å². The number of likely N-dealkylation sites (tertiary alicyclic amines) is 1. The van der Waals surface area contributed by atoms with Crippen molar-refractivity contribution in [3.8, 4) is 6.07 Å². The summed E-state index contributed by atoms with van der Waals surface area (Å²) in [4.78, 5) is 13.5. The molecule has 0 unspecified atom stereocenters. The summed E-state index contributed by atoms with van der Waals surface area (Å²) >= 11 is 0. The maximum absolute atomic E-state index is 14.0. The van der Waals surface area contributed by atoms with Crippen LogP contribution in [-0.4, -0.2) is 40.4 Å². The standard InChI is InChI=1S/C18H22F2N2O3/c1-17(2,3)25-16(23)22-6-4-18(24,5-7-22)10-13-14(19)8-12(11-21)9-15(13)20/h8-9,24H,4-7,10H2,1-3H3. The number of nitrogens with zero attached hydrogens (tertiary/aromatic N) is 2. The highest BCUT2D eigenvalue weighted by Crippen LogP contribution is 2.29. The average molecular weight is 352 g/mol. The lowest BCUT2D eigenvalue weighted by Crippen LogP contribution is -2.49. The number of rotatable bonds is 2. The lowest BCUT2D eigenvalue weighted by atomic mass is 9.85. The van der Waals surface area contributed by atoms with Crippen LogP contribution in [0.15, 0.2) is 12.1 Å². The zero-order valence-corrected chi connectivity index (χ0v) is 14.6. The second kappa shape index (κ2) is 6.96. The quantitative estimate of drug-likeness (QED) is 0.887. The van der Waals surface area contributed by atoms with E-state index in [0.29, 0.717) is 0 Å². The molecule has 0 aromatic heterocycles. The molecule has 0 atom stereocenters. The van der Waals surface area contributed by atoms with Gasteiger partial charge in [0.25, 0.3) is 0 Å². The number of piperidine rings is 1. The van der Waals surface area contributed by atoms with Crippen molar-refractivity contribution in [3.05, 3.63) is 34.9 Å². The molecule has 1 N–H and O–H groups in total. The van der Waals surface area contributed by atoms with Crippen molar-refractivity contribution in [2.24, 2.45) is 0 Å². The molecular weight excluding hydrogens is 330 g/mol. The third-order valence-corrected chi connectivity index (χ3v) is 4.12. The van der Waals surface area contributed by atoms with Gasteiger partial charge in [-0.15, -0.1) is 0 Å². The van der Waals surface area contributed by atoms with Crippen LogP contribution in [0.25, 0.3) is 0 Å². The van der Waals surface area contributed by atoms with Gasteiger partial charge in [0.1, 0.15) is 17.2 Å². The van der Waals surface area contributed by atoms with Gasteiger partial charge in [0.05, 0.1) is 17.2 Å². The first-order valence-electron chi connectivity index (χ1n) is 8.11. The molecule has 0 spiro atoms. The third-order valence-electron chi connectivity index (χ3n) is 4.12. The van der Waals surface area contributed by atoms with Crippen molar-refractivity contribution < 1.29 is 23.4 Å². The molecule has 1 fully saturated rings. The Kier molecular flexibility index (Phi) is 5.33. The zero-order valence-electron chi connectivity index (χ0n) is 14.6. The Labute approximate surface area is 145 Å². The summed E-state index contributed by atoms with van der Waals surface area (Å²) in [5, 5.41) is 19.4. The predicted octanol–water partition coefficient (Wildman–Crippen LogP) is 3.14. The van der Waals surface area contributed by atoms with Crippen LogP contribution >= 0.6 is 0 Å². The molecule has 1 aliphatic heterocycles. The second-order valence-electron chi connectivity index (χ2n) is 7.40. The second-order valence-corrected chi connectivity index (χ2v) is 7.40. The molecule has 1 amide bonds. The largest absolute Gasteiger partial charge is 0.444 e. The Hall–Kier alpha value is -2.20. The fourth-order valence-corrected chi connectivity index (χ4v) is 2.77. The van der Waals surface area contributed by atoms with Crippen molar-refractivity contribution in [1.82, 2.24) is 4.90 Å². The van der Waals surface area contributed by atoms with E-state index < -0.39 is 28.9 Å². The highest BCUT2D eigenvalue weighted by atomic mass is 19.1. The molecule has 1 saturated heterocycles. The Morgan fingerprint density at radius 3 is 2.28 bits per heavy atom. The van der Waals surface area contributed by atoms with Crippen LogP contribution in [0.1, 0.15) is 44.7 Å². The summed E-state index contributed by atoms with van der Waals surface area (Å²) in [6.45, 7) is 5.78. The Balaban J connectivity index is 2.04. The average Bonchev–Trinajstić information content (AvgIpc) is 2.49. The van der Waals surface area contributed by atoms with Crippen LogP contribution in [0.2, 0.25) is 0 Å². The van der Waals surface area contributed by atoms with Crippen molar-refractivity contribution in [3.63, 3.8) is 0 Å². The first kappa shape index (κ1) is 19.1. The topological polar surface area (TPSA) is 73.6 Å². The zero-order chi connectivity index (χ0) is 18.8. The minimum Gasteiger partial charge on any atom is -0.444 e. The van der Waals surface area contributed by atoms with Crippen LogP contribution in [0, 0.1) is 23.0 Å². The van der Waals surface area contributed by atoms with E-state index in [9.17, 15) is 18.7 Å². The summed E-state index contributed by atoms with van der Waals surface area (Å²) in [6, 6.07) is 3.60. The lowest BCUT2D eigenvalue weighted by Gasteiger charge is -2.38. The number of benzene rings is 1. The van der Waals surface area contributed by atoms with Gasteiger partial charge in [0, 0.05) is 25.1 Å². The van der Waals surface area contributed by atoms with E-state index in [-0.39, 0.29) is 43.5 Å². The smallest absolute Gasteiger partial charge is 0.410 e. The van der Waals surface area contributed by atoms with E-state index >= 15 is 0 Å². The molecule has 0 aliphatic carbocycles. The first-order valence-corrected chi connectivity index (χ1v) is 8.11. The molecule has 1 aliphatic rings. The minimum absolute atomic E-state index is 0.106. The first-order chi connectivity index (χ1) is 11.5. The molecule has 136 valence electrons. The number of hydrogen-bond donors (Lipinski definition) is 1. The van der Waals surface area contributed by atoms with Gasteiger partial charge in [-0.3, -0.25) is 0 Å². The summed E-state index contributed by atoms with van der Waals surface area (Å²) in [5.74, 6) is -1.70. The van der Waals surface area contributed by atoms with Crippen LogP contribution in [-0.2, 0) is 11.2 Å². The Morgan fingerprint density at radius 2 is 1.84 bits per heavy atom. The van der Waals surface area contributed by atoms with E-state index in [1.54, 1.807) is 26.8 Å². The molecule has 7 heteroatoms. The van der Waals surface area contributed by atoms with Crippen LogP contribution in [0.3, 0.4) is 0 Å². The molecule has 5 nitrogen and oxygen atoms in total. The summed E-state index contributed by atoms with van der Waals surface area (Å²) in [6.07, 6.45) is -0.306. The maximum atomic E-state index is 14.0. The van der Waals surface area contributed by atoms with Gasteiger partial charge in [0.15, 0.2) is 0 Å². The maximum Gasteiger partial charge on any atom is 0.410 e. The van der Waals surface area contributed by atoms with E-state index in [2.05, 4.69) is 0 Å². The Morgan fingerprint density at radius 1 is 1.32 bits per heavy atom. The van der Waals surface area contributed by atoms with E-state index in [4.69, 9.17) is 10.00 Å². The molecule has 1 aromatic rings. The summed E-state index contributed by atoms with van der Waals surface area (Å²) in [7, 11) is 0. The fraction of sp³-hybridized carbons (Fsp3) is 0.556. The monoisotopic (exact) mass is 352 g/mol. The van der Waals surface area contributed by atoms with Gasteiger partial charge < -0.3 is 14.7 Å². The number of ether oxygens (including phenoxy) is 1. The van der Waals surface area contributed by atoms with Gasteiger partial charge in [-0.05, 0) is 45.7 Å². The number of amides is 1. The van der Waals surface area contributed by atoms with Gasteiger partial charge in [0.2, 0.25) is 0 Å². The molecule has 1 heterocycles. The number of hydrogen-bond acceptors (Lipinski definition) is 4. The van der Waals surface area contributed by atoms with Gasteiger partial charge in [-0.1, -0.05) is 0 Å². The van der Waals surface area contributed by atoms with Gasteiger partial charge >= 0.3 is 6.09 Å². The number of nitriles is 1. The molecule has 25 heavy (non-hydrogen) atoms. The van der Waals surface area contributed by atoms with Gasteiger partial charge in [-0.2, -0.15) is 5.26 Å². The van der Waals surface area contributed by atoms with E-state index in [1.807, 2.05) is 0 Å². The van der Waals surface area contributed by atoms with Crippen molar-refractivity contribution in [2.75, 3.05) is 13.1 Å². The number of carbonyl (C=O) groups is 1. The molecule has 1 aromatic carbocycles. The van der Waals surface area contributed by atoms with E-state index in [1.165, 1.54) is 4.90 Å². The van der Waals surface area contributed by atoms with Crippen molar-refractivity contribution in [2.45, 2.75) is 51.2 Å². The summed E-state index contributed by atoms with van der Waals surface area (Å²) < 4.78 is 33.3.